The average Bonchev–Trinajstić information content (AvgIpc) is 3.29. The summed E-state index contributed by atoms with van der Waals surface area (Å²) in [5.74, 6) is 0. The maximum atomic E-state index is 8.65. The standard InChI is InChI=1S/C46H96NO16.ClH/c1-3-4-5-6-7-8-9-10-11-12-13-14-47(2,15-19-50-23-27-54-31-35-58-39-43-62-45-41-60-37-33-56-29-25-52-21-17-48)16-20-51-24-28-55-32-36-59-40-44-63-46-42-61-38-34-57-30-26-53-22-18-49;/h48-49H,3-46H2,1-2H3;1H/q+1;/p-1. The maximum Gasteiger partial charge on any atom is 0.102 e. The van der Waals surface area contributed by atoms with Gasteiger partial charge in [0.1, 0.15) is 13.1 Å². The number of rotatable bonds is 58. The Balaban J connectivity index is 0. The number of halogens is 1. The zero-order valence-electron chi connectivity index (χ0n) is 40.5. The maximum absolute atomic E-state index is 8.65. The number of quaternary nitrogens is 1. The summed E-state index contributed by atoms with van der Waals surface area (Å²) in [6, 6.07) is 0. The van der Waals surface area contributed by atoms with Crippen molar-refractivity contribution >= 4 is 0 Å². The van der Waals surface area contributed by atoms with E-state index < -0.39 is 0 Å². The fraction of sp³-hybridized carbons (Fsp3) is 1.00. The average molecular weight is 955 g/mol. The molecule has 0 aliphatic rings. The van der Waals surface area contributed by atoms with Crippen LogP contribution in [0.2, 0.25) is 0 Å². The van der Waals surface area contributed by atoms with Crippen molar-refractivity contribution < 1.29 is 93.4 Å². The summed E-state index contributed by atoms with van der Waals surface area (Å²) in [5.41, 5.74) is 0. The quantitative estimate of drug-likeness (QED) is 0.0653. The molecule has 64 heavy (non-hydrogen) atoms. The van der Waals surface area contributed by atoms with E-state index in [4.69, 9.17) is 76.5 Å². The second-order valence-electron chi connectivity index (χ2n) is 15.3. The van der Waals surface area contributed by atoms with E-state index in [1.165, 1.54) is 70.6 Å². The molecule has 18 heteroatoms. The molecule has 0 aliphatic heterocycles. The number of likely N-dealkylation sites (N-methyl/N-ethyl adjacent to an activating group) is 1. The van der Waals surface area contributed by atoms with Crippen molar-refractivity contribution in [2.45, 2.75) is 77.6 Å². The van der Waals surface area contributed by atoms with Crippen molar-refractivity contribution in [2.24, 2.45) is 0 Å². The van der Waals surface area contributed by atoms with Gasteiger partial charge in [-0.1, -0.05) is 64.7 Å². The smallest absolute Gasteiger partial charge is 0.102 e. The Morgan fingerprint density at radius 2 is 0.438 bits per heavy atom. The first kappa shape index (κ1) is 65.7. The molecule has 0 atom stereocenters. The van der Waals surface area contributed by atoms with Crippen LogP contribution in [0.3, 0.4) is 0 Å². The van der Waals surface area contributed by atoms with E-state index in [1.807, 2.05) is 0 Å². The minimum atomic E-state index is 0. The van der Waals surface area contributed by atoms with Crippen molar-refractivity contribution in [1.82, 2.24) is 0 Å². The molecule has 0 radical (unpaired) electrons. The van der Waals surface area contributed by atoms with Crippen LogP contribution in [0.5, 0.6) is 0 Å². The van der Waals surface area contributed by atoms with Gasteiger partial charge in [0, 0.05) is 0 Å². The van der Waals surface area contributed by atoms with Crippen molar-refractivity contribution in [3.8, 4) is 0 Å². The van der Waals surface area contributed by atoms with Crippen LogP contribution in [0.15, 0.2) is 0 Å². The van der Waals surface area contributed by atoms with E-state index in [1.54, 1.807) is 0 Å². The lowest BCUT2D eigenvalue weighted by Crippen LogP contribution is -3.00. The highest BCUT2D eigenvalue weighted by molar-refractivity contribution is 4.50. The molecular formula is C46H96ClNO16. The molecule has 388 valence electrons. The molecule has 0 aromatic heterocycles. The molecule has 0 spiro atoms. The number of hydrogen-bond donors (Lipinski definition) is 2. The van der Waals surface area contributed by atoms with E-state index in [0.29, 0.717) is 185 Å². The van der Waals surface area contributed by atoms with Crippen LogP contribution in [0.1, 0.15) is 77.6 Å². The molecule has 17 nitrogen and oxygen atoms in total. The number of hydrogen-bond acceptors (Lipinski definition) is 16. The molecule has 0 amide bonds. The molecule has 0 aliphatic carbocycles. The summed E-state index contributed by atoms with van der Waals surface area (Å²) in [4.78, 5) is 0. The molecule has 0 bridgehead atoms. The molecule has 0 unspecified atom stereocenters. The number of aliphatic hydroxyl groups is 2. The Hall–Kier alpha value is -0.390. The van der Waals surface area contributed by atoms with Gasteiger partial charge in [0.25, 0.3) is 0 Å². The van der Waals surface area contributed by atoms with Gasteiger partial charge in [-0.3, -0.25) is 0 Å². The van der Waals surface area contributed by atoms with E-state index in [0.717, 1.165) is 24.1 Å². The SMILES string of the molecule is CCCCCCCCCCCCC[N+](C)(CCOCCOCCOCCOCCOCCOCCOCCO)CCOCCOCCOCCOCCOCCOCCOCCO.[Cl-]. The second-order valence-corrected chi connectivity index (χ2v) is 15.3. The largest absolute Gasteiger partial charge is 1.00 e. The van der Waals surface area contributed by atoms with E-state index in [2.05, 4.69) is 14.0 Å². The van der Waals surface area contributed by atoms with Gasteiger partial charge in [0.05, 0.1) is 212 Å². The summed E-state index contributed by atoms with van der Waals surface area (Å²) in [6.07, 6.45) is 14.8. The lowest BCUT2D eigenvalue weighted by Gasteiger charge is -2.34. The molecule has 0 heterocycles. The zero-order chi connectivity index (χ0) is 45.5. The lowest BCUT2D eigenvalue weighted by atomic mass is 10.1. The monoisotopic (exact) mass is 954 g/mol. The molecular weight excluding hydrogens is 858 g/mol. The third-order valence-electron chi connectivity index (χ3n) is 9.79. The van der Waals surface area contributed by atoms with E-state index in [9.17, 15) is 0 Å². The summed E-state index contributed by atoms with van der Waals surface area (Å²) in [5, 5.41) is 17.3. The molecule has 0 saturated carbocycles. The van der Waals surface area contributed by atoms with Crippen LogP contribution in [-0.4, -0.2) is 240 Å². The lowest BCUT2D eigenvalue weighted by molar-refractivity contribution is -0.910. The van der Waals surface area contributed by atoms with Crippen LogP contribution in [-0.2, 0) is 66.3 Å². The predicted molar refractivity (Wildman–Crippen MR) is 243 cm³/mol. The molecule has 0 fully saturated rings. The van der Waals surface area contributed by atoms with Gasteiger partial charge in [0.2, 0.25) is 0 Å². The summed E-state index contributed by atoms with van der Waals surface area (Å²) < 4.78 is 78.5. The Labute approximate surface area is 394 Å². The van der Waals surface area contributed by atoms with Crippen molar-refractivity contribution in [2.75, 3.05) is 225 Å². The van der Waals surface area contributed by atoms with Crippen LogP contribution < -0.4 is 12.4 Å². The number of ether oxygens (including phenoxy) is 14. The van der Waals surface area contributed by atoms with Gasteiger partial charge in [-0.25, -0.2) is 0 Å². The first-order valence-corrected chi connectivity index (χ1v) is 24.3. The topological polar surface area (TPSA) is 170 Å². The van der Waals surface area contributed by atoms with Crippen molar-refractivity contribution in [3.63, 3.8) is 0 Å². The van der Waals surface area contributed by atoms with E-state index in [-0.39, 0.29) is 25.6 Å². The number of unbranched alkanes of at least 4 members (excludes halogenated alkanes) is 10. The summed E-state index contributed by atoms with van der Waals surface area (Å²) in [7, 11) is 2.32. The number of nitrogens with zero attached hydrogens (tertiary/aromatic N) is 1. The molecule has 0 aromatic rings. The minimum absolute atomic E-state index is 0. The Morgan fingerprint density at radius 1 is 0.250 bits per heavy atom. The molecule has 0 saturated heterocycles. The van der Waals surface area contributed by atoms with Crippen LogP contribution in [0.25, 0.3) is 0 Å². The first-order chi connectivity index (χ1) is 31.2. The van der Waals surface area contributed by atoms with Gasteiger partial charge >= 0.3 is 0 Å². The highest BCUT2D eigenvalue weighted by Crippen LogP contribution is 2.13. The number of aliphatic hydroxyl groups excluding tert-OH is 2. The summed E-state index contributed by atoms with van der Waals surface area (Å²) in [6.45, 7) is 19.6. The molecule has 0 aromatic carbocycles. The minimum Gasteiger partial charge on any atom is -1.00 e. The van der Waals surface area contributed by atoms with Gasteiger partial charge in [-0.15, -0.1) is 0 Å². The van der Waals surface area contributed by atoms with E-state index >= 15 is 0 Å². The molecule has 2 N–H and O–H groups in total. The third kappa shape index (κ3) is 55.9. The van der Waals surface area contributed by atoms with Crippen LogP contribution in [0, 0.1) is 0 Å². The van der Waals surface area contributed by atoms with Crippen molar-refractivity contribution in [3.05, 3.63) is 0 Å². The normalized spacial score (nSPS) is 11.8. The highest BCUT2D eigenvalue weighted by atomic mass is 35.5. The fourth-order valence-electron chi connectivity index (χ4n) is 6.04. The third-order valence-corrected chi connectivity index (χ3v) is 9.79. The van der Waals surface area contributed by atoms with Crippen LogP contribution >= 0.6 is 0 Å². The van der Waals surface area contributed by atoms with Gasteiger partial charge in [-0.05, 0) is 12.8 Å². The van der Waals surface area contributed by atoms with Gasteiger partial charge in [0.15, 0.2) is 0 Å². The zero-order valence-corrected chi connectivity index (χ0v) is 41.3. The van der Waals surface area contributed by atoms with Crippen LogP contribution in [0.4, 0.5) is 0 Å². The Kier molecular flexibility index (Phi) is 60.3. The van der Waals surface area contributed by atoms with Crippen molar-refractivity contribution in [1.29, 1.82) is 0 Å². The van der Waals surface area contributed by atoms with Gasteiger partial charge < -0.3 is 93.4 Å². The summed E-state index contributed by atoms with van der Waals surface area (Å²) >= 11 is 0. The first-order valence-electron chi connectivity index (χ1n) is 24.3. The van der Waals surface area contributed by atoms with Gasteiger partial charge in [-0.2, -0.15) is 0 Å². The second kappa shape index (κ2) is 58.7. The Morgan fingerprint density at radius 3 is 0.656 bits per heavy atom. The highest BCUT2D eigenvalue weighted by Gasteiger charge is 2.21. The Bertz CT molecular complexity index is 784. The molecule has 0 rings (SSSR count). The predicted octanol–water partition coefficient (Wildman–Crippen LogP) is 0.965. The fourth-order valence-corrected chi connectivity index (χ4v) is 6.04.